The SMILES string of the molecule is Oc1ccc([C@H]2c3c(cc(O)c4c3O[C@H](c3cc(O)c(O)c(O)c3)[C@@H](O)C4)O[C@H](c3cc(O)c(O)c(O)c3)[C@@H]2O)c(O)c1. The fourth-order valence-electron chi connectivity index (χ4n) is 5.75. The number of ether oxygens (including phenoxy) is 2. The van der Waals surface area contributed by atoms with Crippen molar-refractivity contribution in [2.45, 2.75) is 36.8 Å². The number of hydrogen-bond acceptors (Lipinski definition) is 13. The summed E-state index contributed by atoms with van der Waals surface area (Å²) in [6, 6.07) is 9.17. The Kier molecular flexibility index (Phi) is 6.36. The number of aromatic hydroxyl groups is 9. The Hall–Kier alpha value is -5.40. The molecule has 0 radical (unpaired) electrons. The van der Waals surface area contributed by atoms with Crippen molar-refractivity contribution >= 4 is 0 Å². The second kappa shape index (κ2) is 9.86. The molecule has 4 aromatic carbocycles. The molecule has 6 rings (SSSR count). The zero-order valence-corrected chi connectivity index (χ0v) is 21.9. The van der Waals surface area contributed by atoms with Crippen LogP contribution in [0.25, 0.3) is 0 Å². The first kappa shape index (κ1) is 27.8. The lowest BCUT2D eigenvalue weighted by atomic mass is 9.77. The smallest absolute Gasteiger partial charge is 0.200 e. The maximum absolute atomic E-state index is 11.8. The first-order chi connectivity index (χ1) is 20.3. The van der Waals surface area contributed by atoms with Crippen LogP contribution in [0.5, 0.6) is 63.2 Å². The summed E-state index contributed by atoms with van der Waals surface area (Å²) in [5.41, 5.74) is 0.417. The molecule has 13 nitrogen and oxygen atoms in total. The normalized spacial score (nSPS) is 22.6. The number of phenolic OH excluding ortho intramolecular Hbond substituents is 9. The highest BCUT2D eigenvalue weighted by Gasteiger charge is 2.46. The third kappa shape index (κ3) is 4.42. The summed E-state index contributed by atoms with van der Waals surface area (Å²) in [5.74, 6) is -6.69. The molecule has 2 aliphatic heterocycles. The third-order valence-corrected chi connectivity index (χ3v) is 7.78. The van der Waals surface area contributed by atoms with Crippen LogP contribution in [0.1, 0.15) is 45.9 Å². The van der Waals surface area contributed by atoms with E-state index in [1.54, 1.807) is 0 Å². The van der Waals surface area contributed by atoms with Crippen molar-refractivity contribution < 1.29 is 65.6 Å². The Bertz CT molecular complexity index is 1720. The second-order valence-corrected chi connectivity index (χ2v) is 10.5. The number of aliphatic hydroxyl groups excluding tert-OH is 2. The van der Waals surface area contributed by atoms with Gasteiger partial charge in [0.2, 0.25) is 0 Å². The van der Waals surface area contributed by atoms with E-state index in [1.165, 1.54) is 18.2 Å². The summed E-state index contributed by atoms with van der Waals surface area (Å²) in [6.45, 7) is 0. The quantitative estimate of drug-likeness (QED) is 0.153. The van der Waals surface area contributed by atoms with E-state index in [0.717, 1.165) is 30.3 Å². The molecule has 0 fully saturated rings. The van der Waals surface area contributed by atoms with Crippen LogP contribution in [-0.4, -0.2) is 68.4 Å². The van der Waals surface area contributed by atoms with Crippen molar-refractivity contribution in [3.63, 3.8) is 0 Å². The topological polar surface area (TPSA) is 241 Å². The average Bonchev–Trinajstić information content (AvgIpc) is 2.94. The maximum Gasteiger partial charge on any atom is 0.200 e. The fourth-order valence-corrected chi connectivity index (χ4v) is 5.75. The standard InChI is InChI=1S/C30H26O13/c31-12-1-2-13(15(32)7-12)23-24-22(42-29(27(23)41)11-5-19(36)26(40)20(37)6-11)9-16(33)14-8-21(38)28(43-30(14)24)10-3-17(34)25(39)18(35)4-10/h1-7,9,21,23,27-29,31-41H,8H2/t21-,23-,27+,28+,29+/m0/s1. The van der Waals surface area contributed by atoms with E-state index >= 15 is 0 Å². The van der Waals surface area contributed by atoms with Crippen molar-refractivity contribution in [1.82, 2.24) is 0 Å². The Morgan fingerprint density at radius 3 is 1.70 bits per heavy atom. The Morgan fingerprint density at radius 1 is 0.581 bits per heavy atom. The van der Waals surface area contributed by atoms with Crippen LogP contribution in [0.2, 0.25) is 0 Å². The van der Waals surface area contributed by atoms with Crippen LogP contribution in [-0.2, 0) is 6.42 Å². The molecule has 0 bridgehead atoms. The van der Waals surface area contributed by atoms with E-state index < -0.39 is 70.6 Å². The second-order valence-electron chi connectivity index (χ2n) is 10.5. The van der Waals surface area contributed by atoms with E-state index in [-0.39, 0.29) is 57.2 Å². The zero-order chi connectivity index (χ0) is 30.9. The number of phenols is 9. The van der Waals surface area contributed by atoms with Crippen LogP contribution in [0.3, 0.4) is 0 Å². The molecule has 0 aromatic heterocycles. The van der Waals surface area contributed by atoms with Crippen molar-refractivity contribution in [3.05, 3.63) is 76.3 Å². The third-order valence-electron chi connectivity index (χ3n) is 7.78. The van der Waals surface area contributed by atoms with E-state index in [9.17, 15) is 56.2 Å². The largest absolute Gasteiger partial charge is 0.508 e. The molecule has 11 N–H and O–H groups in total. The predicted octanol–water partition coefficient (Wildman–Crippen LogP) is 2.70. The summed E-state index contributed by atoms with van der Waals surface area (Å²) >= 11 is 0. The van der Waals surface area contributed by atoms with Gasteiger partial charge in [-0.2, -0.15) is 0 Å². The fraction of sp³-hybridized carbons (Fsp3) is 0.200. The number of fused-ring (bicyclic) bond motifs is 3. The van der Waals surface area contributed by atoms with Crippen LogP contribution >= 0.6 is 0 Å². The van der Waals surface area contributed by atoms with Crippen LogP contribution in [0, 0.1) is 0 Å². The summed E-state index contributed by atoms with van der Waals surface area (Å²) in [5, 5.41) is 114. The number of rotatable bonds is 3. The summed E-state index contributed by atoms with van der Waals surface area (Å²) < 4.78 is 12.2. The van der Waals surface area contributed by atoms with Crippen LogP contribution in [0.15, 0.2) is 48.5 Å². The molecular weight excluding hydrogens is 568 g/mol. The van der Waals surface area contributed by atoms with Gasteiger partial charge >= 0.3 is 0 Å². The maximum atomic E-state index is 11.8. The minimum absolute atomic E-state index is 0.0238. The van der Waals surface area contributed by atoms with E-state index in [0.29, 0.717) is 0 Å². The molecule has 0 aliphatic carbocycles. The molecule has 0 unspecified atom stereocenters. The van der Waals surface area contributed by atoms with Crippen LogP contribution < -0.4 is 9.47 Å². The van der Waals surface area contributed by atoms with Crippen molar-refractivity contribution in [1.29, 1.82) is 0 Å². The zero-order valence-electron chi connectivity index (χ0n) is 21.9. The number of benzene rings is 4. The Balaban J connectivity index is 1.56. The summed E-state index contributed by atoms with van der Waals surface area (Å²) in [6.07, 6.45) is -5.71. The summed E-state index contributed by atoms with van der Waals surface area (Å²) in [7, 11) is 0. The highest BCUT2D eigenvalue weighted by Crippen LogP contribution is 2.57. The van der Waals surface area contributed by atoms with Crippen molar-refractivity contribution in [3.8, 4) is 63.2 Å². The lowest BCUT2D eigenvalue weighted by molar-refractivity contribution is -0.00253. The predicted molar refractivity (Wildman–Crippen MR) is 145 cm³/mol. The molecule has 2 aliphatic rings. The van der Waals surface area contributed by atoms with Crippen molar-refractivity contribution in [2.75, 3.05) is 0 Å². The molecule has 0 saturated carbocycles. The molecule has 0 spiro atoms. The number of hydrogen-bond donors (Lipinski definition) is 11. The highest BCUT2D eigenvalue weighted by atomic mass is 16.5. The molecule has 5 atom stereocenters. The number of aliphatic hydroxyl groups is 2. The molecule has 224 valence electrons. The molecular formula is C30H26O13. The van der Waals surface area contributed by atoms with Gasteiger partial charge in [0.25, 0.3) is 0 Å². The van der Waals surface area contributed by atoms with Gasteiger partial charge in [-0.15, -0.1) is 0 Å². The molecule has 0 amide bonds. The van der Waals surface area contributed by atoms with Gasteiger partial charge in [0.1, 0.15) is 34.9 Å². The summed E-state index contributed by atoms with van der Waals surface area (Å²) in [4.78, 5) is 0. The minimum atomic E-state index is -1.59. The van der Waals surface area contributed by atoms with E-state index in [1.807, 2.05) is 0 Å². The van der Waals surface area contributed by atoms with E-state index in [2.05, 4.69) is 0 Å². The van der Waals surface area contributed by atoms with Gasteiger partial charge < -0.3 is 65.6 Å². The van der Waals surface area contributed by atoms with Gasteiger partial charge in [-0.25, -0.2) is 0 Å². The van der Waals surface area contributed by atoms with Gasteiger partial charge in [0, 0.05) is 52.3 Å². The molecule has 2 heterocycles. The van der Waals surface area contributed by atoms with Gasteiger partial charge in [0.05, 0.1) is 6.10 Å². The van der Waals surface area contributed by atoms with E-state index in [4.69, 9.17) is 9.47 Å². The molecule has 43 heavy (non-hydrogen) atoms. The van der Waals surface area contributed by atoms with Gasteiger partial charge in [-0.3, -0.25) is 0 Å². The highest BCUT2D eigenvalue weighted by molar-refractivity contribution is 5.65. The molecule has 4 aromatic rings. The molecule has 13 heteroatoms. The Labute approximate surface area is 242 Å². The lowest BCUT2D eigenvalue weighted by Gasteiger charge is -2.41. The van der Waals surface area contributed by atoms with Crippen LogP contribution in [0.4, 0.5) is 0 Å². The Morgan fingerprint density at radius 2 is 1.14 bits per heavy atom. The van der Waals surface area contributed by atoms with Gasteiger partial charge in [-0.05, 0) is 30.3 Å². The average molecular weight is 595 g/mol. The lowest BCUT2D eigenvalue weighted by Crippen LogP contribution is -2.37. The van der Waals surface area contributed by atoms with Crippen molar-refractivity contribution in [2.24, 2.45) is 0 Å². The first-order valence-corrected chi connectivity index (χ1v) is 12.9. The molecule has 0 saturated heterocycles. The minimum Gasteiger partial charge on any atom is -0.508 e. The monoisotopic (exact) mass is 594 g/mol. The van der Waals surface area contributed by atoms with Gasteiger partial charge in [-0.1, -0.05) is 6.07 Å². The van der Waals surface area contributed by atoms with Gasteiger partial charge in [0.15, 0.2) is 46.7 Å². The first-order valence-electron chi connectivity index (χ1n) is 12.9.